The Morgan fingerprint density at radius 3 is 2.61 bits per heavy atom. The zero-order chi connectivity index (χ0) is 13.3. The highest BCUT2D eigenvalue weighted by atomic mass is 79.9. The first-order valence-corrected chi connectivity index (χ1v) is 6.81. The highest BCUT2D eigenvalue weighted by Crippen LogP contribution is 2.29. The Labute approximate surface area is 120 Å². The molecule has 1 atom stereocenters. The molecule has 0 fully saturated rings. The van der Waals surface area contributed by atoms with Crippen molar-refractivity contribution >= 4 is 27.5 Å². The molecule has 2 aromatic rings. The summed E-state index contributed by atoms with van der Waals surface area (Å²) in [6, 6.07) is 6.36. The van der Waals surface area contributed by atoms with Gasteiger partial charge in [-0.15, -0.1) is 0 Å². The van der Waals surface area contributed by atoms with Crippen LogP contribution in [-0.4, -0.2) is 16.8 Å². The maximum Gasteiger partial charge on any atom is 0.0837 e. The van der Waals surface area contributed by atoms with Gasteiger partial charge < -0.3 is 5.32 Å². The first kappa shape index (κ1) is 13.6. The molecule has 3 nitrogen and oxygen atoms in total. The minimum absolute atomic E-state index is 0.0289. The van der Waals surface area contributed by atoms with E-state index < -0.39 is 0 Å². The van der Waals surface area contributed by atoms with Crippen molar-refractivity contribution in [1.29, 1.82) is 0 Å². The number of halogens is 2. The zero-order valence-electron chi connectivity index (χ0n) is 10.5. The predicted molar refractivity (Wildman–Crippen MR) is 78.0 cm³/mol. The lowest BCUT2D eigenvalue weighted by molar-refractivity contribution is 0.606. The van der Waals surface area contributed by atoms with Gasteiger partial charge in [0.25, 0.3) is 0 Å². The molecule has 0 aliphatic rings. The maximum absolute atomic E-state index is 6.21. The van der Waals surface area contributed by atoms with E-state index in [4.69, 9.17) is 11.6 Å². The van der Waals surface area contributed by atoms with E-state index in [0.29, 0.717) is 5.02 Å². The minimum Gasteiger partial charge on any atom is -0.308 e. The summed E-state index contributed by atoms with van der Waals surface area (Å²) in [7, 11) is 3.82. The van der Waals surface area contributed by atoms with Crippen molar-refractivity contribution in [2.24, 2.45) is 7.05 Å². The summed E-state index contributed by atoms with van der Waals surface area (Å²) in [5.74, 6) is 0. The van der Waals surface area contributed by atoms with E-state index in [0.717, 1.165) is 15.7 Å². The summed E-state index contributed by atoms with van der Waals surface area (Å²) in [6.45, 7) is 2.08. The number of nitrogens with one attached hydrogen (secondary N) is 1. The van der Waals surface area contributed by atoms with Crippen LogP contribution < -0.4 is 5.32 Å². The van der Waals surface area contributed by atoms with Crippen molar-refractivity contribution in [3.05, 3.63) is 50.7 Å². The van der Waals surface area contributed by atoms with Crippen LogP contribution in [0, 0.1) is 6.92 Å². The molecule has 1 heterocycles. The number of hydrogen-bond donors (Lipinski definition) is 1. The smallest absolute Gasteiger partial charge is 0.0837 e. The number of hydrogen-bond acceptors (Lipinski definition) is 2. The fraction of sp³-hybridized carbons (Fsp3) is 0.308. The Morgan fingerprint density at radius 1 is 1.39 bits per heavy atom. The van der Waals surface area contributed by atoms with Gasteiger partial charge in [-0.05, 0) is 37.2 Å². The fourth-order valence-electron chi connectivity index (χ4n) is 2.14. The maximum atomic E-state index is 6.21. The van der Waals surface area contributed by atoms with Gasteiger partial charge >= 0.3 is 0 Å². The third-order valence-corrected chi connectivity index (χ3v) is 3.65. The summed E-state index contributed by atoms with van der Waals surface area (Å²) in [5, 5.41) is 8.15. The molecule has 2 rings (SSSR count). The van der Waals surface area contributed by atoms with Crippen molar-refractivity contribution in [2.45, 2.75) is 13.0 Å². The molecule has 0 saturated carbocycles. The third kappa shape index (κ3) is 2.60. The van der Waals surface area contributed by atoms with Crippen LogP contribution in [0.15, 0.2) is 28.9 Å². The largest absolute Gasteiger partial charge is 0.308 e. The molecule has 18 heavy (non-hydrogen) atoms. The van der Waals surface area contributed by atoms with E-state index in [-0.39, 0.29) is 6.04 Å². The monoisotopic (exact) mass is 327 g/mol. The lowest BCUT2D eigenvalue weighted by Crippen LogP contribution is -2.21. The molecule has 5 heteroatoms. The van der Waals surface area contributed by atoms with Crippen LogP contribution in [0.3, 0.4) is 0 Å². The number of benzene rings is 1. The van der Waals surface area contributed by atoms with E-state index in [1.165, 1.54) is 5.56 Å². The summed E-state index contributed by atoms with van der Waals surface area (Å²) in [5.41, 5.74) is 3.34. The average molecular weight is 329 g/mol. The summed E-state index contributed by atoms with van der Waals surface area (Å²) < 4.78 is 2.87. The molecule has 1 aromatic carbocycles. The molecule has 0 saturated heterocycles. The summed E-state index contributed by atoms with van der Waals surface area (Å²) >= 11 is 9.74. The second kappa shape index (κ2) is 5.43. The van der Waals surface area contributed by atoms with Gasteiger partial charge in [0.1, 0.15) is 0 Å². The molecule has 96 valence electrons. The lowest BCUT2D eigenvalue weighted by Gasteiger charge is -2.18. The Bertz CT molecular complexity index is 526. The summed E-state index contributed by atoms with van der Waals surface area (Å²) in [4.78, 5) is 0. The first-order chi connectivity index (χ1) is 8.52. The van der Waals surface area contributed by atoms with Crippen molar-refractivity contribution in [2.75, 3.05) is 7.05 Å². The third-order valence-electron chi connectivity index (χ3n) is 2.90. The number of aryl methyl sites for hydroxylation is 2. The van der Waals surface area contributed by atoms with Gasteiger partial charge in [-0.1, -0.05) is 33.6 Å². The van der Waals surface area contributed by atoms with E-state index in [1.54, 1.807) is 10.9 Å². The molecule has 0 radical (unpaired) electrons. The molecular formula is C13H15BrClN3. The molecule has 1 unspecified atom stereocenters. The lowest BCUT2D eigenvalue weighted by atomic mass is 10.0. The molecule has 0 bridgehead atoms. The normalized spacial score (nSPS) is 12.7. The van der Waals surface area contributed by atoms with E-state index in [1.807, 2.05) is 14.1 Å². The van der Waals surface area contributed by atoms with E-state index in [9.17, 15) is 0 Å². The Kier molecular flexibility index (Phi) is 4.10. The molecular weight excluding hydrogens is 314 g/mol. The topological polar surface area (TPSA) is 29.9 Å². The van der Waals surface area contributed by atoms with Gasteiger partial charge in [0.2, 0.25) is 0 Å². The number of rotatable bonds is 3. The van der Waals surface area contributed by atoms with Crippen molar-refractivity contribution in [3.8, 4) is 0 Å². The number of nitrogens with zero attached hydrogens (tertiary/aromatic N) is 2. The second-order valence-electron chi connectivity index (χ2n) is 4.28. The summed E-state index contributed by atoms with van der Waals surface area (Å²) in [6.07, 6.45) is 1.67. The van der Waals surface area contributed by atoms with E-state index in [2.05, 4.69) is 51.5 Å². The van der Waals surface area contributed by atoms with Crippen LogP contribution in [0.2, 0.25) is 5.02 Å². The van der Waals surface area contributed by atoms with Gasteiger partial charge in [-0.25, -0.2) is 0 Å². The van der Waals surface area contributed by atoms with Crippen molar-refractivity contribution in [3.63, 3.8) is 0 Å². The average Bonchev–Trinajstić information content (AvgIpc) is 2.61. The first-order valence-electron chi connectivity index (χ1n) is 5.64. The Hall–Kier alpha value is -0.840. The molecule has 0 aliphatic heterocycles. The SMILES string of the molecule is CNC(c1cc(C)cc(Br)c1)c1c(Cl)cnn1C. The minimum atomic E-state index is 0.0289. The van der Waals surface area contributed by atoms with Crippen LogP contribution >= 0.6 is 27.5 Å². The molecule has 0 amide bonds. The van der Waals surface area contributed by atoms with E-state index >= 15 is 0 Å². The van der Waals surface area contributed by atoms with Crippen molar-refractivity contribution < 1.29 is 0 Å². The molecule has 1 aromatic heterocycles. The van der Waals surface area contributed by atoms with Crippen LogP contribution in [-0.2, 0) is 7.05 Å². The van der Waals surface area contributed by atoms with Crippen LogP contribution in [0.25, 0.3) is 0 Å². The highest BCUT2D eigenvalue weighted by Gasteiger charge is 2.19. The van der Waals surface area contributed by atoms with Gasteiger partial charge in [0, 0.05) is 11.5 Å². The molecule has 0 spiro atoms. The van der Waals surface area contributed by atoms with Crippen molar-refractivity contribution in [1.82, 2.24) is 15.1 Å². The van der Waals surface area contributed by atoms with Gasteiger partial charge in [0.05, 0.1) is 23.0 Å². The van der Waals surface area contributed by atoms with Gasteiger partial charge in [-0.2, -0.15) is 5.10 Å². The second-order valence-corrected chi connectivity index (χ2v) is 5.61. The molecule has 1 N–H and O–H groups in total. The van der Waals surface area contributed by atoms with Gasteiger partial charge in [-0.3, -0.25) is 4.68 Å². The van der Waals surface area contributed by atoms with Crippen LogP contribution in [0.4, 0.5) is 0 Å². The standard InChI is InChI=1S/C13H15BrClN3/c1-8-4-9(6-10(14)5-8)12(16-2)13-11(15)7-17-18(13)3/h4-7,12,16H,1-3H3. The van der Waals surface area contributed by atoms with Gasteiger partial charge in [0.15, 0.2) is 0 Å². The predicted octanol–water partition coefficient (Wildman–Crippen LogP) is 3.45. The number of aromatic nitrogens is 2. The zero-order valence-corrected chi connectivity index (χ0v) is 12.9. The highest BCUT2D eigenvalue weighted by molar-refractivity contribution is 9.10. The van der Waals surface area contributed by atoms with Crippen LogP contribution in [0.5, 0.6) is 0 Å². The fourth-order valence-corrected chi connectivity index (χ4v) is 3.04. The Morgan fingerprint density at radius 2 is 2.11 bits per heavy atom. The van der Waals surface area contributed by atoms with Crippen LogP contribution in [0.1, 0.15) is 22.9 Å². The molecule has 0 aliphatic carbocycles. The Balaban J connectivity index is 2.52. The quantitative estimate of drug-likeness (QED) is 0.935.